The highest BCUT2D eigenvalue weighted by Gasteiger charge is 2.27. The fourth-order valence-corrected chi connectivity index (χ4v) is 4.11. The van der Waals surface area contributed by atoms with Gasteiger partial charge in [0, 0.05) is 19.3 Å². The molecular formula is C20H23N3O3S. The summed E-state index contributed by atoms with van der Waals surface area (Å²) < 4.78 is 26.9. The molecule has 6 nitrogen and oxygen atoms in total. The summed E-state index contributed by atoms with van der Waals surface area (Å²) in [6.45, 7) is 3.45. The molecule has 27 heavy (non-hydrogen) atoms. The number of hydrogen-bond acceptors (Lipinski definition) is 4. The number of nitriles is 1. The first-order valence-corrected chi connectivity index (χ1v) is 9.97. The molecule has 0 fully saturated rings. The fourth-order valence-electron chi connectivity index (χ4n) is 2.68. The fraction of sp³-hybridized carbons (Fsp3) is 0.300. The van der Waals surface area contributed by atoms with Crippen molar-refractivity contribution in [1.29, 1.82) is 5.26 Å². The van der Waals surface area contributed by atoms with Crippen LogP contribution < -0.4 is 4.90 Å². The third kappa shape index (κ3) is 4.94. The minimum atomic E-state index is -3.80. The van der Waals surface area contributed by atoms with Gasteiger partial charge in [0.05, 0.1) is 23.9 Å². The molecule has 1 amide bonds. The number of carbonyl (C=O) groups is 1. The van der Waals surface area contributed by atoms with Gasteiger partial charge in [0.25, 0.3) is 0 Å². The summed E-state index contributed by atoms with van der Waals surface area (Å²) in [5.41, 5.74) is 2.10. The zero-order valence-electron chi connectivity index (χ0n) is 15.7. The monoisotopic (exact) mass is 385 g/mol. The van der Waals surface area contributed by atoms with E-state index in [2.05, 4.69) is 0 Å². The van der Waals surface area contributed by atoms with E-state index in [1.807, 2.05) is 25.1 Å². The Morgan fingerprint density at radius 3 is 2.41 bits per heavy atom. The van der Waals surface area contributed by atoms with Crippen LogP contribution in [0.15, 0.2) is 53.4 Å². The lowest BCUT2D eigenvalue weighted by Crippen LogP contribution is -2.41. The second kappa shape index (κ2) is 8.80. The molecule has 0 saturated carbocycles. The van der Waals surface area contributed by atoms with E-state index in [0.29, 0.717) is 11.3 Å². The lowest BCUT2D eigenvalue weighted by Gasteiger charge is -2.25. The largest absolute Gasteiger partial charge is 0.310 e. The van der Waals surface area contributed by atoms with Crippen LogP contribution >= 0.6 is 0 Å². The lowest BCUT2D eigenvalue weighted by molar-refractivity contribution is -0.118. The molecule has 0 heterocycles. The summed E-state index contributed by atoms with van der Waals surface area (Å²) in [4.78, 5) is 14.4. The number of para-hydroxylation sites is 1. The first-order chi connectivity index (χ1) is 12.8. The SMILES string of the molecule is Cc1ccc(C)c(S(=O)(=O)N(C)CC(=O)N(CCC#N)c2ccccc2)c1. The number of benzene rings is 2. The van der Waals surface area contributed by atoms with Crippen molar-refractivity contribution < 1.29 is 13.2 Å². The Morgan fingerprint density at radius 2 is 1.78 bits per heavy atom. The minimum absolute atomic E-state index is 0.161. The highest BCUT2D eigenvalue weighted by molar-refractivity contribution is 7.89. The van der Waals surface area contributed by atoms with Crippen molar-refractivity contribution in [3.8, 4) is 6.07 Å². The van der Waals surface area contributed by atoms with Gasteiger partial charge >= 0.3 is 0 Å². The van der Waals surface area contributed by atoms with Crippen LogP contribution in [0.5, 0.6) is 0 Å². The number of hydrogen-bond donors (Lipinski definition) is 0. The maximum absolute atomic E-state index is 12.9. The van der Waals surface area contributed by atoms with Gasteiger partial charge in [-0.25, -0.2) is 8.42 Å². The molecule has 0 aliphatic heterocycles. The van der Waals surface area contributed by atoms with Gasteiger partial charge in [0.1, 0.15) is 0 Å². The molecule has 2 aromatic rings. The van der Waals surface area contributed by atoms with Crippen molar-refractivity contribution in [3.63, 3.8) is 0 Å². The summed E-state index contributed by atoms with van der Waals surface area (Å²) in [5.74, 6) is -0.382. The molecule has 0 atom stereocenters. The Bertz CT molecular complexity index is 950. The van der Waals surface area contributed by atoms with Crippen molar-refractivity contribution in [2.24, 2.45) is 0 Å². The molecule has 0 spiro atoms. The van der Waals surface area contributed by atoms with Crippen LogP contribution in [-0.2, 0) is 14.8 Å². The van der Waals surface area contributed by atoms with Gasteiger partial charge < -0.3 is 4.90 Å². The van der Waals surface area contributed by atoms with Crippen molar-refractivity contribution in [1.82, 2.24) is 4.31 Å². The standard InChI is InChI=1S/C20H23N3O3S/c1-16-10-11-17(2)19(14-16)27(25,26)22(3)15-20(24)23(13-7-12-21)18-8-5-4-6-9-18/h4-6,8-11,14H,7,13,15H2,1-3H3. The number of likely N-dealkylation sites (N-methyl/N-ethyl adjacent to an activating group) is 1. The molecule has 0 aliphatic rings. The van der Waals surface area contributed by atoms with Crippen molar-refractivity contribution >= 4 is 21.6 Å². The van der Waals surface area contributed by atoms with Crippen LogP contribution in [0.25, 0.3) is 0 Å². The second-order valence-corrected chi connectivity index (χ2v) is 8.33. The number of amides is 1. The quantitative estimate of drug-likeness (QED) is 0.734. The molecule has 142 valence electrons. The highest BCUT2D eigenvalue weighted by Crippen LogP contribution is 2.21. The van der Waals surface area contributed by atoms with E-state index < -0.39 is 10.0 Å². The van der Waals surface area contributed by atoms with E-state index in [1.54, 1.807) is 43.3 Å². The van der Waals surface area contributed by atoms with E-state index in [1.165, 1.54) is 11.9 Å². The van der Waals surface area contributed by atoms with Crippen molar-refractivity contribution in [3.05, 3.63) is 59.7 Å². The summed E-state index contributed by atoms with van der Waals surface area (Å²) in [6.07, 6.45) is 0.161. The van der Waals surface area contributed by atoms with Crippen LogP contribution in [0.2, 0.25) is 0 Å². The maximum Gasteiger partial charge on any atom is 0.243 e. The van der Waals surface area contributed by atoms with E-state index in [9.17, 15) is 13.2 Å². The average Bonchev–Trinajstić information content (AvgIpc) is 2.64. The smallest absolute Gasteiger partial charge is 0.243 e. The topological polar surface area (TPSA) is 81.5 Å². The molecule has 0 bridgehead atoms. The van der Waals surface area contributed by atoms with Crippen LogP contribution in [0.3, 0.4) is 0 Å². The molecule has 0 unspecified atom stereocenters. The molecule has 0 aromatic heterocycles. The van der Waals surface area contributed by atoms with Gasteiger partial charge in [-0.3, -0.25) is 4.79 Å². The minimum Gasteiger partial charge on any atom is -0.310 e. The molecule has 2 aromatic carbocycles. The molecule has 0 N–H and O–H groups in total. The van der Waals surface area contributed by atoms with Crippen LogP contribution in [-0.4, -0.2) is 38.8 Å². The zero-order valence-corrected chi connectivity index (χ0v) is 16.5. The van der Waals surface area contributed by atoms with Gasteiger partial charge in [-0.2, -0.15) is 9.57 Å². The second-order valence-electron chi connectivity index (χ2n) is 6.32. The number of aryl methyl sites for hydroxylation is 2. The molecule has 0 aliphatic carbocycles. The first-order valence-electron chi connectivity index (χ1n) is 8.53. The van der Waals surface area contributed by atoms with E-state index in [4.69, 9.17) is 5.26 Å². The Hall–Kier alpha value is -2.69. The summed E-state index contributed by atoms with van der Waals surface area (Å²) in [7, 11) is -2.41. The van der Waals surface area contributed by atoms with Gasteiger partial charge in [-0.1, -0.05) is 30.3 Å². The van der Waals surface area contributed by atoms with Gasteiger partial charge in [0.2, 0.25) is 15.9 Å². The first kappa shape index (κ1) is 20.6. The summed E-state index contributed by atoms with van der Waals surface area (Å²) in [5, 5.41) is 8.87. The number of rotatable bonds is 7. The van der Waals surface area contributed by atoms with Gasteiger partial charge in [-0.05, 0) is 43.2 Å². The highest BCUT2D eigenvalue weighted by atomic mass is 32.2. The van der Waals surface area contributed by atoms with E-state index >= 15 is 0 Å². The molecule has 2 rings (SSSR count). The van der Waals surface area contributed by atoms with Crippen LogP contribution in [0, 0.1) is 25.2 Å². The van der Waals surface area contributed by atoms with E-state index in [0.717, 1.165) is 9.87 Å². The Labute approximate surface area is 160 Å². The molecule has 0 radical (unpaired) electrons. The number of nitrogens with zero attached hydrogens (tertiary/aromatic N) is 3. The third-order valence-electron chi connectivity index (χ3n) is 4.21. The van der Waals surface area contributed by atoms with Crippen LogP contribution in [0.4, 0.5) is 5.69 Å². The van der Waals surface area contributed by atoms with Crippen molar-refractivity contribution in [2.75, 3.05) is 25.0 Å². The Balaban J connectivity index is 2.26. The third-order valence-corrected chi connectivity index (χ3v) is 6.15. The summed E-state index contributed by atoms with van der Waals surface area (Å²) in [6, 6.07) is 16.1. The normalized spacial score (nSPS) is 11.2. The molecule has 0 saturated heterocycles. The number of carbonyl (C=O) groups excluding carboxylic acids is 1. The number of sulfonamides is 1. The average molecular weight is 385 g/mol. The lowest BCUT2D eigenvalue weighted by atomic mass is 10.2. The predicted molar refractivity (Wildman–Crippen MR) is 105 cm³/mol. The molecule has 7 heteroatoms. The maximum atomic E-state index is 12.9. The Morgan fingerprint density at radius 1 is 1.11 bits per heavy atom. The van der Waals surface area contributed by atoms with Gasteiger partial charge in [0.15, 0.2) is 0 Å². The zero-order chi connectivity index (χ0) is 20.0. The van der Waals surface area contributed by atoms with Gasteiger partial charge in [-0.15, -0.1) is 0 Å². The molecular weight excluding hydrogens is 362 g/mol. The van der Waals surface area contributed by atoms with Crippen molar-refractivity contribution in [2.45, 2.75) is 25.2 Å². The Kier molecular flexibility index (Phi) is 6.72. The van der Waals surface area contributed by atoms with E-state index in [-0.39, 0.29) is 30.3 Å². The number of anilines is 1. The van der Waals surface area contributed by atoms with Crippen LogP contribution in [0.1, 0.15) is 17.5 Å². The predicted octanol–water partition coefficient (Wildman–Crippen LogP) is 2.87. The summed E-state index contributed by atoms with van der Waals surface area (Å²) >= 11 is 0.